The van der Waals surface area contributed by atoms with Gasteiger partial charge in [0.15, 0.2) is 11.6 Å². The molecular formula is C12H13F2N3O4. The second kappa shape index (κ2) is 7.29. The first-order valence-corrected chi connectivity index (χ1v) is 5.75. The lowest BCUT2D eigenvalue weighted by Gasteiger charge is -2.17. The lowest BCUT2D eigenvalue weighted by molar-refractivity contribution is -0.138. The highest BCUT2D eigenvalue weighted by Crippen LogP contribution is 2.12. The summed E-state index contributed by atoms with van der Waals surface area (Å²) in [6, 6.07) is 2.76. The summed E-state index contributed by atoms with van der Waals surface area (Å²) in [6.45, 7) is -1.42. The minimum Gasteiger partial charge on any atom is -0.480 e. The number of amides is 2. The Kier molecular flexibility index (Phi) is 5.73. The van der Waals surface area contributed by atoms with Crippen molar-refractivity contribution in [2.75, 3.05) is 25.0 Å². The standard InChI is InChI=1S/C12H13F2N3O4/c13-8-2-1-7(3-9(8)14)16-11(19)5-17(4-10(15)18)6-12(20)21/h1-3H,4-6H2,(H2,15,18)(H,16,19)(H,20,21). The van der Waals surface area contributed by atoms with E-state index in [4.69, 9.17) is 10.8 Å². The fourth-order valence-corrected chi connectivity index (χ4v) is 1.56. The van der Waals surface area contributed by atoms with Crippen LogP contribution in [0.5, 0.6) is 0 Å². The van der Waals surface area contributed by atoms with E-state index in [1.54, 1.807) is 0 Å². The molecule has 0 heterocycles. The number of carbonyl (C=O) groups is 3. The van der Waals surface area contributed by atoms with Crippen molar-refractivity contribution >= 4 is 23.5 Å². The molecule has 4 N–H and O–H groups in total. The van der Waals surface area contributed by atoms with E-state index in [9.17, 15) is 23.2 Å². The minimum absolute atomic E-state index is 0.00764. The van der Waals surface area contributed by atoms with Gasteiger partial charge in [-0.25, -0.2) is 8.78 Å². The Bertz CT molecular complexity index is 549. The number of nitrogens with zero attached hydrogens (tertiary/aromatic N) is 1. The number of benzene rings is 1. The van der Waals surface area contributed by atoms with E-state index in [1.165, 1.54) is 0 Å². The zero-order chi connectivity index (χ0) is 16.0. The van der Waals surface area contributed by atoms with Gasteiger partial charge in [0.05, 0.1) is 19.6 Å². The summed E-state index contributed by atoms with van der Waals surface area (Å²) >= 11 is 0. The fraction of sp³-hybridized carbons (Fsp3) is 0.250. The van der Waals surface area contributed by atoms with Crippen molar-refractivity contribution in [2.45, 2.75) is 0 Å². The topological polar surface area (TPSA) is 113 Å². The van der Waals surface area contributed by atoms with Gasteiger partial charge >= 0.3 is 5.97 Å². The van der Waals surface area contributed by atoms with Crippen LogP contribution in [0.3, 0.4) is 0 Å². The molecule has 1 aromatic rings. The number of carbonyl (C=O) groups excluding carboxylic acids is 2. The van der Waals surface area contributed by atoms with Gasteiger partial charge in [-0.05, 0) is 12.1 Å². The third-order valence-corrected chi connectivity index (χ3v) is 2.31. The Labute approximate surface area is 118 Å². The molecule has 0 aromatic heterocycles. The van der Waals surface area contributed by atoms with Crippen LogP contribution in [0.1, 0.15) is 0 Å². The number of primary amides is 1. The van der Waals surface area contributed by atoms with Gasteiger partial charge in [-0.3, -0.25) is 19.3 Å². The van der Waals surface area contributed by atoms with Crippen molar-refractivity contribution < 1.29 is 28.3 Å². The molecule has 0 aliphatic rings. The molecule has 2 amide bonds. The molecule has 0 saturated heterocycles. The van der Waals surface area contributed by atoms with Gasteiger partial charge in [0.1, 0.15) is 0 Å². The summed E-state index contributed by atoms with van der Waals surface area (Å²) in [5.41, 5.74) is 4.95. The monoisotopic (exact) mass is 301 g/mol. The van der Waals surface area contributed by atoms with Gasteiger partial charge in [-0.15, -0.1) is 0 Å². The minimum atomic E-state index is -1.24. The molecule has 114 valence electrons. The van der Waals surface area contributed by atoms with Crippen LogP contribution < -0.4 is 11.1 Å². The average molecular weight is 301 g/mol. The van der Waals surface area contributed by atoms with Gasteiger partial charge in [-0.1, -0.05) is 0 Å². The van der Waals surface area contributed by atoms with Crippen LogP contribution in [0, 0.1) is 11.6 Å². The molecule has 0 fully saturated rings. The zero-order valence-electron chi connectivity index (χ0n) is 10.8. The summed E-state index contributed by atoms with van der Waals surface area (Å²) in [6.07, 6.45) is 0. The Balaban J connectivity index is 2.66. The zero-order valence-corrected chi connectivity index (χ0v) is 10.8. The molecular weight excluding hydrogens is 288 g/mol. The molecule has 0 spiro atoms. The number of carboxylic acid groups (broad SMARTS) is 1. The van der Waals surface area contributed by atoms with Gasteiger partial charge in [0, 0.05) is 11.8 Å². The smallest absolute Gasteiger partial charge is 0.317 e. The second-order valence-corrected chi connectivity index (χ2v) is 4.18. The predicted molar refractivity (Wildman–Crippen MR) is 68.3 cm³/mol. The van der Waals surface area contributed by atoms with E-state index in [0.29, 0.717) is 0 Å². The fourth-order valence-electron chi connectivity index (χ4n) is 1.56. The predicted octanol–water partition coefficient (Wildman–Crippen LogP) is -0.225. The van der Waals surface area contributed by atoms with Gasteiger partial charge < -0.3 is 16.2 Å². The summed E-state index contributed by atoms with van der Waals surface area (Å²) < 4.78 is 25.7. The lowest BCUT2D eigenvalue weighted by Crippen LogP contribution is -2.41. The second-order valence-electron chi connectivity index (χ2n) is 4.18. The van der Waals surface area contributed by atoms with Crippen LogP contribution in [0.4, 0.5) is 14.5 Å². The van der Waals surface area contributed by atoms with Crippen molar-refractivity contribution in [3.8, 4) is 0 Å². The lowest BCUT2D eigenvalue weighted by atomic mass is 10.3. The van der Waals surface area contributed by atoms with Crippen LogP contribution >= 0.6 is 0 Å². The summed E-state index contributed by atoms with van der Waals surface area (Å²) in [7, 11) is 0. The quantitative estimate of drug-likeness (QED) is 0.644. The molecule has 7 nitrogen and oxygen atoms in total. The number of nitrogens with one attached hydrogen (secondary N) is 1. The van der Waals surface area contributed by atoms with Gasteiger partial charge in [-0.2, -0.15) is 0 Å². The first-order chi connectivity index (χ1) is 9.77. The third-order valence-electron chi connectivity index (χ3n) is 2.31. The molecule has 0 aliphatic carbocycles. The van der Waals surface area contributed by atoms with Crippen LogP contribution in [0.2, 0.25) is 0 Å². The largest absolute Gasteiger partial charge is 0.480 e. The van der Waals surface area contributed by atoms with E-state index >= 15 is 0 Å². The number of hydrogen-bond donors (Lipinski definition) is 3. The highest BCUT2D eigenvalue weighted by atomic mass is 19.2. The molecule has 0 aliphatic heterocycles. The average Bonchev–Trinajstić information content (AvgIpc) is 2.31. The van der Waals surface area contributed by atoms with E-state index in [1.807, 2.05) is 0 Å². The Morgan fingerprint density at radius 1 is 1.14 bits per heavy atom. The van der Waals surface area contributed by atoms with Crippen molar-refractivity contribution in [1.29, 1.82) is 0 Å². The SMILES string of the molecule is NC(=O)CN(CC(=O)O)CC(=O)Nc1ccc(F)c(F)c1. The highest BCUT2D eigenvalue weighted by Gasteiger charge is 2.16. The van der Waals surface area contributed by atoms with Crippen LogP contribution in [-0.2, 0) is 14.4 Å². The van der Waals surface area contributed by atoms with E-state index < -0.39 is 49.1 Å². The van der Waals surface area contributed by atoms with Crippen LogP contribution in [0.15, 0.2) is 18.2 Å². The molecule has 1 rings (SSSR count). The number of rotatable bonds is 7. The number of carboxylic acids is 1. The highest BCUT2D eigenvalue weighted by molar-refractivity contribution is 5.92. The molecule has 21 heavy (non-hydrogen) atoms. The van der Waals surface area contributed by atoms with E-state index in [-0.39, 0.29) is 5.69 Å². The van der Waals surface area contributed by atoms with Crippen LogP contribution in [-0.4, -0.2) is 47.4 Å². The molecule has 0 bridgehead atoms. The van der Waals surface area contributed by atoms with Crippen molar-refractivity contribution in [3.63, 3.8) is 0 Å². The molecule has 0 saturated carbocycles. The number of nitrogens with two attached hydrogens (primary N) is 1. The molecule has 0 atom stereocenters. The van der Waals surface area contributed by atoms with Crippen molar-refractivity contribution in [1.82, 2.24) is 4.90 Å². The summed E-state index contributed by atoms with van der Waals surface area (Å²) in [5.74, 6) is -4.92. The van der Waals surface area contributed by atoms with Crippen molar-refractivity contribution in [2.24, 2.45) is 5.73 Å². The number of hydrogen-bond acceptors (Lipinski definition) is 4. The first-order valence-electron chi connectivity index (χ1n) is 5.75. The maximum Gasteiger partial charge on any atom is 0.317 e. The van der Waals surface area contributed by atoms with Crippen LogP contribution in [0.25, 0.3) is 0 Å². The molecule has 9 heteroatoms. The maximum absolute atomic E-state index is 13.0. The van der Waals surface area contributed by atoms with E-state index in [0.717, 1.165) is 23.1 Å². The normalized spacial score (nSPS) is 10.4. The summed E-state index contributed by atoms with van der Waals surface area (Å²) in [4.78, 5) is 34.0. The van der Waals surface area contributed by atoms with E-state index in [2.05, 4.69) is 5.32 Å². The number of anilines is 1. The van der Waals surface area contributed by atoms with Gasteiger partial charge in [0.25, 0.3) is 0 Å². The number of aliphatic carboxylic acids is 1. The van der Waals surface area contributed by atoms with Crippen molar-refractivity contribution in [3.05, 3.63) is 29.8 Å². The number of halogens is 2. The first kappa shape index (κ1) is 16.5. The molecule has 0 unspecified atom stereocenters. The molecule has 0 radical (unpaired) electrons. The maximum atomic E-state index is 13.0. The molecule has 1 aromatic carbocycles. The summed E-state index contributed by atoms with van der Waals surface area (Å²) in [5, 5.41) is 10.9. The Hall–Kier alpha value is -2.55. The van der Waals surface area contributed by atoms with Gasteiger partial charge in [0.2, 0.25) is 11.8 Å². The Morgan fingerprint density at radius 3 is 2.33 bits per heavy atom. The third kappa shape index (κ3) is 5.95. The Morgan fingerprint density at radius 2 is 1.81 bits per heavy atom.